The van der Waals surface area contributed by atoms with Gasteiger partial charge in [0.05, 0.1) is 0 Å². The van der Waals surface area contributed by atoms with Gasteiger partial charge in [0, 0.05) is 21.4 Å². The monoisotopic (exact) mass is 269 g/mol. The number of fused-ring (bicyclic) bond motifs is 1. The summed E-state index contributed by atoms with van der Waals surface area (Å²) in [5.41, 5.74) is 1.32. The van der Waals surface area contributed by atoms with E-state index < -0.39 is 0 Å². The van der Waals surface area contributed by atoms with Crippen LogP contribution in [0.5, 0.6) is 0 Å². The second kappa shape index (κ2) is 3.01. The number of pyridine rings is 1. The molecule has 0 saturated carbocycles. The van der Waals surface area contributed by atoms with E-state index in [-0.39, 0.29) is 0 Å². The molecule has 2 heteroatoms. The molecule has 1 heterocycles. The molecule has 0 aliphatic rings. The minimum Gasteiger partial charge on any atom is -0.264 e. The normalized spacial score (nSPS) is 10.5. The zero-order valence-corrected chi connectivity index (χ0v) is 8.87. The van der Waals surface area contributed by atoms with E-state index in [0.29, 0.717) is 0 Å². The topological polar surface area (TPSA) is 12.9 Å². The summed E-state index contributed by atoms with van der Waals surface area (Å²) in [5.74, 6) is 0. The Morgan fingerprint density at radius 1 is 1.33 bits per heavy atom. The highest BCUT2D eigenvalue weighted by molar-refractivity contribution is 14.1. The minimum absolute atomic E-state index is 1.22. The van der Waals surface area contributed by atoms with Crippen LogP contribution in [0.4, 0.5) is 0 Å². The molecule has 0 unspecified atom stereocenters. The lowest BCUT2D eigenvalue weighted by Crippen LogP contribution is -1.81. The van der Waals surface area contributed by atoms with Crippen LogP contribution < -0.4 is 0 Å². The molecule has 0 amide bonds. The molecular weight excluding hydrogens is 261 g/mol. The molecule has 2 aromatic rings. The molecule has 12 heavy (non-hydrogen) atoms. The lowest BCUT2D eigenvalue weighted by molar-refractivity contribution is 1.35. The predicted octanol–water partition coefficient (Wildman–Crippen LogP) is 3.15. The van der Waals surface area contributed by atoms with Crippen molar-refractivity contribution in [3.05, 3.63) is 39.7 Å². The zero-order chi connectivity index (χ0) is 8.55. The number of aryl methyl sites for hydroxylation is 1. The van der Waals surface area contributed by atoms with Crippen molar-refractivity contribution in [3.8, 4) is 0 Å². The Kier molecular flexibility index (Phi) is 2.00. The molecule has 0 bridgehead atoms. The van der Waals surface area contributed by atoms with E-state index in [1.54, 1.807) is 0 Å². The van der Waals surface area contributed by atoms with Crippen LogP contribution in [0.25, 0.3) is 10.8 Å². The first kappa shape index (κ1) is 7.98. The molecule has 0 saturated heterocycles. The fraction of sp³-hybridized carbons (Fsp3) is 0.100. The van der Waals surface area contributed by atoms with Crippen molar-refractivity contribution in [1.82, 2.24) is 4.98 Å². The van der Waals surface area contributed by atoms with Gasteiger partial charge >= 0.3 is 0 Å². The second-order valence-corrected chi connectivity index (χ2v) is 4.07. The SMILES string of the molecule is Cc1cc(I)cc2cnccc12. The van der Waals surface area contributed by atoms with Crippen LogP contribution in [-0.2, 0) is 0 Å². The van der Waals surface area contributed by atoms with Gasteiger partial charge in [-0.3, -0.25) is 4.98 Å². The maximum Gasteiger partial charge on any atom is 0.0346 e. The zero-order valence-electron chi connectivity index (χ0n) is 6.71. The number of hydrogen-bond acceptors (Lipinski definition) is 1. The average molecular weight is 269 g/mol. The standard InChI is InChI=1S/C10H8IN/c1-7-4-9(11)5-8-6-12-3-2-10(7)8/h2-6H,1H3. The highest BCUT2D eigenvalue weighted by Crippen LogP contribution is 2.20. The molecular formula is C10H8IN. The van der Waals surface area contributed by atoms with E-state index >= 15 is 0 Å². The van der Waals surface area contributed by atoms with Crippen molar-refractivity contribution in [2.45, 2.75) is 6.92 Å². The van der Waals surface area contributed by atoms with Crippen LogP contribution in [0.1, 0.15) is 5.56 Å². The maximum absolute atomic E-state index is 4.09. The van der Waals surface area contributed by atoms with Crippen LogP contribution in [0.15, 0.2) is 30.6 Å². The number of benzene rings is 1. The van der Waals surface area contributed by atoms with E-state index in [1.165, 1.54) is 19.9 Å². The highest BCUT2D eigenvalue weighted by Gasteiger charge is 1.97. The summed E-state index contributed by atoms with van der Waals surface area (Å²) in [6.07, 6.45) is 3.74. The third kappa shape index (κ3) is 1.31. The Morgan fingerprint density at radius 2 is 2.17 bits per heavy atom. The van der Waals surface area contributed by atoms with Crippen molar-refractivity contribution < 1.29 is 0 Å². The smallest absolute Gasteiger partial charge is 0.0346 e. The van der Waals surface area contributed by atoms with Crippen molar-refractivity contribution in [1.29, 1.82) is 0 Å². The summed E-state index contributed by atoms with van der Waals surface area (Å²) in [6.45, 7) is 2.13. The average Bonchev–Trinajstić information content (AvgIpc) is 2.04. The number of nitrogens with zero attached hydrogens (tertiary/aromatic N) is 1. The number of halogens is 1. The van der Waals surface area contributed by atoms with E-state index in [9.17, 15) is 0 Å². The Morgan fingerprint density at radius 3 is 3.00 bits per heavy atom. The third-order valence-corrected chi connectivity index (χ3v) is 2.55. The van der Waals surface area contributed by atoms with E-state index in [1.807, 2.05) is 12.4 Å². The molecule has 1 nitrogen and oxygen atoms in total. The van der Waals surface area contributed by atoms with Crippen molar-refractivity contribution in [2.24, 2.45) is 0 Å². The fourth-order valence-electron chi connectivity index (χ4n) is 1.36. The van der Waals surface area contributed by atoms with Gasteiger partial charge in [-0.25, -0.2) is 0 Å². The van der Waals surface area contributed by atoms with Gasteiger partial charge in [-0.15, -0.1) is 0 Å². The van der Waals surface area contributed by atoms with Gasteiger partial charge in [0.1, 0.15) is 0 Å². The van der Waals surface area contributed by atoms with Crippen molar-refractivity contribution >= 4 is 33.4 Å². The molecule has 0 atom stereocenters. The second-order valence-electron chi connectivity index (χ2n) is 2.82. The minimum atomic E-state index is 1.22. The molecule has 0 spiro atoms. The Hall–Kier alpha value is -0.640. The molecule has 0 radical (unpaired) electrons. The maximum atomic E-state index is 4.09. The number of hydrogen-bond donors (Lipinski definition) is 0. The van der Waals surface area contributed by atoms with Gasteiger partial charge in [-0.2, -0.15) is 0 Å². The number of aromatic nitrogens is 1. The molecule has 0 fully saturated rings. The molecule has 0 N–H and O–H groups in total. The van der Waals surface area contributed by atoms with Crippen molar-refractivity contribution in [2.75, 3.05) is 0 Å². The molecule has 0 aliphatic carbocycles. The lowest BCUT2D eigenvalue weighted by atomic mass is 10.1. The van der Waals surface area contributed by atoms with Gasteiger partial charge in [0.15, 0.2) is 0 Å². The van der Waals surface area contributed by atoms with Crippen LogP contribution in [0.3, 0.4) is 0 Å². The largest absolute Gasteiger partial charge is 0.264 e. The number of rotatable bonds is 0. The molecule has 2 rings (SSSR count). The van der Waals surface area contributed by atoms with Gasteiger partial charge in [0.25, 0.3) is 0 Å². The Labute approximate surface area is 85.0 Å². The molecule has 60 valence electrons. The van der Waals surface area contributed by atoms with Crippen LogP contribution >= 0.6 is 22.6 Å². The summed E-state index contributed by atoms with van der Waals surface area (Å²) in [6, 6.07) is 6.39. The first-order valence-electron chi connectivity index (χ1n) is 3.77. The Balaban J connectivity index is 2.89. The van der Waals surface area contributed by atoms with Gasteiger partial charge in [0.2, 0.25) is 0 Å². The van der Waals surface area contributed by atoms with Gasteiger partial charge in [-0.1, -0.05) is 0 Å². The quantitative estimate of drug-likeness (QED) is 0.669. The van der Waals surface area contributed by atoms with Crippen LogP contribution in [-0.4, -0.2) is 4.98 Å². The van der Waals surface area contributed by atoms with Crippen LogP contribution in [0.2, 0.25) is 0 Å². The molecule has 1 aromatic carbocycles. The van der Waals surface area contributed by atoms with E-state index in [4.69, 9.17) is 0 Å². The molecule has 0 aliphatic heterocycles. The molecule has 1 aromatic heterocycles. The lowest BCUT2D eigenvalue weighted by Gasteiger charge is -2.01. The summed E-state index contributed by atoms with van der Waals surface area (Å²) in [5, 5.41) is 2.52. The van der Waals surface area contributed by atoms with Crippen molar-refractivity contribution in [3.63, 3.8) is 0 Å². The highest BCUT2D eigenvalue weighted by atomic mass is 127. The van der Waals surface area contributed by atoms with Gasteiger partial charge < -0.3 is 0 Å². The van der Waals surface area contributed by atoms with E-state index in [0.717, 1.165) is 0 Å². The third-order valence-electron chi connectivity index (χ3n) is 1.92. The Bertz CT molecular complexity index is 423. The van der Waals surface area contributed by atoms with Gasteiger partial charge in [-0.05, 0) is 58.7 Å². The first-order chi connectivity index (χ1) is 5.77. The summed E-state index contributed by atoms with van der Waals surface area (Å²) < 4.78 is 1.27. The summed E-state index contributed by atoms with van der Waals surface area (Å²) >= 11 is 2.33. The fourth-order valence-corrected chi connectivity index (χ4v) is 2.16. The van der Waals surface area contributed by atoms with E-state index in [2.05, 4.69) is 52.7 Å². The summed E-state index contributed by atoms with van der Waals surface area (Å²) in [7, 11) is 0. The van der Waals surface area contributed by atoms with Crippen LogP contribution in [0, 0.1) is 10.5 Å². The predicted molar refractivity (Wildman–Crippen MR) is 59.2 cm³/mol. The summed E-state index contributed by atoms with van der Waals surface area (Å²) in [4.78, 5) is 4.09. The first-order valence-corrected chi connectivity index (χ1v) is 4.85.